The minimum atomic E-state index is -0.485. The van der Waals surface area contributed by atoms with Gasteiger partial charge in [-0.3, -0.25) is 4.79 Å². The van der Waals surface area contributed by atoms with Crippen molar-refractivity contribution in [2.75, 3.05) is 25.1 Å². The standard InChI is InChI=1S/C53H87NO6/c1-5-8-11-14-17-20-23-26-29-32-41-57-50-44-47(53(56)60-49-37-35-48(36-38-49)54-40-39-46(4)55)45-51(58-42-33-30-27-24-21-18-15-12-9-6-2)52(50)59-43-34-31-28-25-22-19-16-13-10-7-3/h35-40,44-45,54H,5-34,41-43H2,1-4H3/b40-39-. The quantitative estimate of drug-likeness (QED) is 0.0309. The number of esters is 1. The Morgan fingerprint density at radius 1 is 0.483 bits per heavy atom. The molecule has 7 heteroatoms. The first-order chi connectivity index (χ1) is 29.5. The first-order valence-electron chi connectivity index (χ1n) is 24.8. The van der Waals surface area contributed by atoms with Crippen LogP contribution in [0.3, 0.4) is 0 Å². The molecule has 0 aromatic heterocycles. The van der Waals surface area contributed by atoms with Crippen LogP contribution in [-0.4, -0.2) is 31.6 Å². The normalized spacial score (nSPS) is 11.3. The van der Waals surface area contributed by atoms with E-state index in [-0.39, 0.29) is 5.78 Å². The summed E-state index contributed by atoms with van der Waals surface area (Å²) in [5, 5.41) is 3.06. The topological polar surface area (TPSA) is 83.1 Å². The molecule has 7 nitrogen and oxygen atoms in total. The summed E-state index contributed by atoms with van der Waals surface area (Å²) >= 11 is 0. The fourth-order valence-corrected chi connectivity index (χ4v) is 7.40. The number of unbranched alkanes of at least 4 members (excludes halogenated alkanes) is 27. The summed E-state index contributed by atoms with van der Waals surface area (Å²) in [7, 11) is 0. The lowest BCUT2D eigenvalue weighted by atomic mass is 10.1. The van der Waals surface area contributed by atoms with E-state index in [9.17, 15) is 9.59 Å². The number of nitrogens with one attached hydrogen (secondary N) is 1. The van der Waals surface area contributed by atoms with Crippen molar-refractivity contribution in [1.82, 2.24) is 0 Å². The third kappa shape index (κ3) is 27.4. The van der Waals surface area contributed by atoms with Gasteiger partial charge in [0.05, 0.1) is 25.4 Å². The molecule has 2 aromatic carbocycles. The Labute approximate surface area is 367 Å². The van der Waals surface area contributed by atoms with Gasteiger partial charge >= 0.3 is 5.97 Å². The van der Waals surface area contributed by atoms with Crippen LogP contribution in [0, 0.1) is 0 Å². The maximum absolute atomic E-state index is 13.7. The van der Waals surface area contributed by atoms with Crippen LogP contribution in [0.4, 0.5) is 5.69 Å². The first kappa shape index (κ1) is 52.7. The van der Waals surface area contributed by atoms with Crippen molar-refractivity contribution in [3.8, 4) is 23.0 Å². The summed E-state index contributed by atoms with van der Waals surface area (Å²) in [6.45, 7) is 9.98. The number of allylic oxidation sites excluding steroid dienone is 1. The van der Waals surface area contributed by atoms with E-state index in [4.69, 9.17) is 18.9 Å². The van der Waals surface area contributed by atoms with E-state index in [1.807, 2.05) is 0 Å². The molecule has 0 saturated carbocycles. The number of ketones is 1. The van der Waals surface area contributed by atoms with Crippen LogP contribution in [0.2, 0.25) is 0 Å². The van der Waals surface area contributed by atoms with Crippen molar-refractivity contribution in [3.05, 3.63) is 54.2 Å². The molecule has 2 aromatic rings. The van der Waals surface area contributed by atoms with Crippen molar-refractivity contribution in [3.63, 3.8) is 0 Å². The number of hydrogen-bond donors (Lipinski definition) is 1. The van der Waals surface area contributed by atoms with E-state index in [0.717, 1.165) is 44.2 Å². The molecule has 340 valence electrons. The van der Waals surface area contributed by atoms with Gasteiger partial charge in [-0.15, -0.1) is 0 Å². The third-order valence-electron chi connectivity index (χ3n) is 11.1. The molecule has 0 aliphatic carbocycles. The molecule has 0 bridgehead atoms. The summed E-state index contributed by atoms with van der Waals surface area (Å²) in [6.07, 6.45) is 40.7. The lowest BCUT2D eigenvalue weighted by Gasteiger charge is -2.19. The number of benzene rings is 2. The van der Waals surface area contributed by atoms with Crippen molar-refractivity contribution >= 4 is 17.4 Å². The molecule has 0 saturated heterocycles. The van der Waals surface area contributed by atoms with Crippen LogP contribution >= 0.6 is 0 Å². The molecular formula is C53H87NO6. The number of rotatable bonds is 41. The van der Waals surface area contributed by atoms with Gasteiger partial charge in [0.2, 0.25) is 5.75 Å². The predicted molar refractivity (Wildman–Crippen MR) is 253 cm³/mol. The molecule has 0 spiro atoms. The molecule has 0 fully saturated rings. The molecule has 0 atom stereocenters. The van der Waals surface area contributed by atoms with E-state index in [2.05, 4.69) is 26.1 Å². The van der Waals surface area contributed by atoms with Gasteiger partial charge in [-0.2, -0.15) is 0 Å². The fourth-order valence-electron chi connectivity index (χ4n) is 7.40. The Balaban J connectivity index is 2.13. The van der Waals surface area contributed by atoms with Gasteiger partial charge in [0.25, 0.3) is 0 Å². The fraction of sp³-hybridized carbons (Fsp3) is 0.698. The number of carbonyl (C=O) groups is 2. The highest BCUT2D eigenvalue weighted by Crippen LogP contribution is 2.40. The zero-order valence-electron chi connectivity index (χ0n) is 38.9. The van der Waals surface area contributed by atoms with Gasteiger partial charge < -0.3 is 24.3 Å². The van der Waals surface area contributed by atoms with Gasteiger partial charge in [-0.05, 0) is 68.7 Å². The zero-order chi connectivity index (χ0) is 43.1. The minimum absolute atomic E-state index is 0.0398. The number of carbonyl (C=O) groups excluding carboxylic acids is 2. The van der Waals surface area contributed by atoms with Crippen LogP contribution < -0.4 is 24.3 Å². The number of anilines is 1. The SMILES string of the molecule is CCCCCCCCCCCCOc1cc(C(=O)Oc2ccc(N/C=C\C(C)=O)cc2)cc(OCCCCCCCCCCCC)c1OCCCCCCCCCCCC. The second kappa shape index (κ2) is 37.3. The van der Waals surface area contributed by atoms with Crippen LogP contribution in [0.25, 0.3) is 0 Å². The summed E-state index contributed by atoms with van der Waals surface area (Å²) in [5.74, 6) is 1.58. The van der Waals surface area contributed by atoms with Gasteiger partial charge in [0.15, 0.2) is 17.3 Å². The molecule has 1 N–H and O–H groups in total. The van der Waals surface area contributed by atoms with Gasteiger partial charge in [0.1, 0.15) is 5.75 Å². The largest absolute Gasteiger partial charge is 0.490 e. The smallest absolute Gasteiger partial charge is 0.343 e. The highest BCUT2D eigenvalue weighted by atomic mass is 16.5. The average molecular weight is 834 g/mol. The zero-order valence-corrected chi connectivity index (χ0v) is 38.9. The Morgan fingerprint density at radius 2 is 0.833 bits per heavy atom. The molecule has 60 heavy (non-hydrogen) atoms. The minimum Gasteiger partial charge on any atom is -0.490 e. The lowest BCUT2D eigenvalue weighted by molar-refractivity contribution is -0.112. The first-order valence-corrected chi connectivity index (χ1v) is 24.8. The van der Waals surface area contributed by atoms with Crippen molar-refractivity contribution in [1.29, 1.82) is 0 Å². The Bertz CT molecular complexity index is 1320. The van der Waals surface area contributed by atoms with E-state index >= 15 is 0 Å². The monoisotopic (exact) mass is 834 g/mol. The lowest BCUT2D eigenvalue weighted by Crippen LogP contribution is -2.12. The second-order valence-corrected chi connectivity index (χ2v) is 16.9. The molecule has 0 aliphatic heterocycles. The number of ether oxygens (including phenoxy) is 4. The highest BCUT2D eigenvalue weighted by Gasteiger charge is 2.21. The van der Waals surface area contributed by atoms with Crippen LogP contribution in [-0.2, 0) is 4.79 Å². The Morgan fingerprint density at radius 3 is 1.20 bits per heavy atom. The molecule has 0 amide bonds. The summed E-state index contributed by atoms with van der Waals surface area (Å²) < 4.78 is 25.3. The van der Waals surface area contributed by atoms with Gasteiger partial charge in [-0.25, -0.2) is 4.79 Å². The van der Waals surface area contributed by atoms with E-state index < -0.39 is 5.97 Å². The maximum atomic E-state index is 13.7. The highest BCUT2D eigenvalue weighted by molar-refractivity contribution is 5.92. The predicted octanol–water partition coefficient (Wildman–Crippen LogP) is 16.3. The second-order valence-electron chi connectivity index (χ2n) is 16.9. The van der Waals surface area contributed by atoms with Gasteiger partial charge in [-0.1, -0.05) is 194 Å². The maximum Gasteiger partial charge on any atom is 0.343 e. The van der Waals surface area contributed by atoms with Crippen LogP contribution in [0.5, 0.6) is 23.0 Å². The number of hydrogen-bond acceptors (Lipinski definition) is 7. The third-order valence-corrected chi connectivity index (χ3v) is 11.1. The molecule has 2 rings (SSSR count). The van der Waals surface area contributed by atoms with E-state index in [0.29, 0.717) is 48.4 Å². The molecular weight excluding hydrogens is 747 g/mol. The molecule has 0 heterocycles. The van der Waals surface area contributed by atoms with Crippen molar-refractivity contribution in [2.24, 2.45) is 0 Å². The van der Waals surface area contributed by atoms with Crippen molar-refractivity contribution < 1.29 is 28.5 Å². The van der Waals surface area contributed by atoms with Crippen molar-refractivity contribution in [2.45, 2.75) is 220 Å². The Hall–Kier alpha value is -3.48. The molecule has 0 unspecified atom stereocenters. The summed E-state index contributed by atoms with van der Waals surface area (Å²) in [5.41, 5.74) is 1.14. The molecule has 0 aliphatic rings. The van der Waals surface area contributed by atoms with E-state index in [1.54, 1.807) is 42.6 Å². The van der Waals surface area contributed by atoms with Crippen LogP contribution in [0.1, 0.15) is 231 Å². The average Bonchev–Trinajstić information content (AvgIpc) is 3.24. The van der Waals surface area contributed by atoms with Crippen LogP contribution in [0.15, 0.2) is 48.7 Å². The summed E-state index contributed by atoms with van der Waals surface area (Å²) in [4.78, 5) is 25.0. The molecule has 0 radical (unpaired) electrons. The summed E-state index contributed by atoms with van der Waals surface area (Å²) in [6, 6.07) is 10.6. The van der Waals surface area contributed by atoms with E-state index in [1.165, 1.54) is 167 Å². The van der Waals surface area contributed by atoms with Gasteiger partial charge in [0, 0.05) is 11.9 Å². The Kier molecular flexibility index (Phi) is 32.7.